The van der Waals surface area contributed by atoms with Gasteiger partial charge in [0, 0.05) is 0 Å². The number of carboxylic acid groups (broad SMARTS) is 1. The fourth-order valence-corrected chi connectivity index (χ4v) is 3.35. The van der Waals surface area contributed by atoms with Crippen molar-refractivity contribution in [1.29, 1.82) is 0 Å². The molecule has 2 rings (SSSR count). The molecule has 2 N–H and O–H groups in total. The van der Waals surface area contributed by atoms with Crippen molar-refractivity contribution in [3.63, 3.8) is 0 Å². The Morgan fingerprint density at radius 1 is 0.938 bits per heavy atom. The average Bonchev–Trinajstić information content (AvgIpc) is 2.70. The molecule has 32 heavy (non-hydrogen) atoms. The number of carboxylic acids is 1. The van der Waals surface area contributed by atoms with E-state index >= 15 is 0 Å². The molecule has 0 saturated carbocycles. The van der Waals surface area contributed by atoms with Crippen molar-refractivity contribution >= 4 is 21.7 Å². The highest BCUT2D eigenvalue weighted by molar-refractivity contribution is 7.92. The first kappa shape index (κ1) is 25.0. The fourth-order valence-electron chi connectivity index (χ4n) is 2.24. The second-order valence-electron chi connectivity index (χ2n) is 5.82. The number of carbonyl (C=O) groups is 1. The van der Waals surface area contributed by atoms with E-state index in [2.05, 4.69) is 9.47 Å². The van der Waals surface area contributed by atoms with Crippen LogP contribution in [-0.2, 0) is 10.0 Å². The van der Waals surface area contributed by atoms with Gasteiger partial charge in [0.25, 0.3) is 22.9 Å². The molecule has 2 aromatic carbocycles. The zero-order valence-electron chi connectivity index (χ0n) is 15.4. The number of hydrogen-bond donors (Lipinski definition) is 2. The summed E-state index contributed by atoms with van der Waals surface area (Å²) in [5.41, 5.74) is -2.21. The third kappa shape index (κ3) is 5.72. The first-order chi connectivity index (χ1) is 14.8. The van der Waals surface area contributed by atoms with Gasteiger partial charge in [-0.1, -0.05) is 6.07 Å². The first-order valence-electron chi connectivity index (χ1n) is 8.23. The van der Waals surface area contributed by atoms with Crippen molar-refractivity contribution in [3.05, 3.63) is 47.3 Å². The SMILES string of the molecule is O=C(O)c1cccc(S(=O)(=O)Nc2c(F)c(OCC(F)F)c(F)c(OCC(F)F)c2F)c1. The molecule has 0 saturated heterocycles. The molecule has 0 aromatic heterocycles. The summed E-state index contributed by atoms with van der Waals surface area (Å²) in [6.07, 6.45) is -6.52. The van der Waals surface area contributed by atoms with Gasteiger partial charge in [0.1, 0.15) is 18.9 Å². The van der Waals surface area contributed by atoms with Gasteiger partial charge in [-0.25, -0.2) is 39.6 Å². The number of ether oxygens (including phenoxy) is 2. The number of benzene rings is 2. The lowest BCUT2D eigenvalue weighted by Gasteiger charge is -2.17. The van der Waals surface area contributed by atoms with E-state index in [1.54, 1.807) is 0 Å². The number of hydrogen-bond acceptors (Lipinski definition) is 5. The van der Waals surface area contributed by atoms with Crippen LogP contribution in [0, 0.1) is 17.5 Å². The van der Waals surface area contributed by atoms with Gasteiger partial charge in [0.05, 0.1) is 10.5 Å². The number of sulfonamides is 1. The van der Waals surface area contributed by atoms with Crippen LogP contribution in [-0.4, -0.2) is 45.6 Å². The molecule has 0 aliphatic rings. The Bertz CT molecular complexity index is 1070. The number of halogens is 7. The maximum Gasteiger partial charge on any atom is 0.335 e. The van der Waals surface area contributed by atoms with E-state index in [0.29, 0.717) is 6.07 Å². The van der Waals surface area contributed by atoms with Crippen LogP contribution in [0.1, 0.15) is 10.4 Å². The summed E-state index contributed by atoms with van der Waals surface area (Å²) < 4.78 is 128. The third-order valence-corrected chi connectivity index (χ3v) is 4.92. The van der Waals surface area contributed by atoms with Gasteiger partial charge < -0.3 is 14.6 Å². The van der Waals surface area contributed by atoms with Crippen LogP contribution < -0.4 is 14.2 Å². The lowest BCUT2D eigenvalue weighted by Crippen LogP contribution is -2.19. The monoisotopic (exact) mass is 491 g/mol. The Morgan fingerprint density at radius 2 is 1.44 bits per heavy atom. The highest BCUT2D eigenvalue weighted by atomic mass is 32.2. The van der Waals surface area contributed by atoms with Crippen molar-refractivity contribution in [1.82, 2.24) is 0 Å². The predicted molar refractivity (Wildman–Crippen MR) is 93.5 cm³/mol. The third-order valence-electron chi connectivity index (χ3n) is 3.57. The quantitative estimate of drug-likeness (QED) is 0.489. The summed E-state index contributed by atoms with van der Waals surface area (Å²) in [6.45, 7) is -3.22. The van der Waals surface area contributed by atoms with E-state index < -0.39 is 87.2 Å². The summed E-state index contributed by atoms with van der Waals surface area (Å²) in [5, 5.41) is 8.93. The molecule has 0 atom stereocenters. The van der Waals surface area contributed by atoms with Gasteiger partial charge in [-0.05, 0) is 18.2 Å². The minimum Gasteiger partial charge on any atom is -0.481 e. The van der Waals surface area contributed by atoms with Crippen LogP contribution in [0.5, 0.6) is 11.5 Å². The van der Waals surface area contributed by atoms with Crippen molar-refractivity contribution in [3.8, 4) is 11.5 Å². The van der Waals surface area contributed by atoms with Crippen LogP contribution in [0.4, 0.5) is 36.4 Å². The average molecular weight is 491 g/mol. The van der Waals surface area contributed by atoms with Crippen molar-refractivity contribution in [2.45, 2.75) is 17.7 Å². The largest absolute Gasteiger partial charge is 0.481 e. The van der Waals surface area contributed by atoms with Crippen LogP contribution in [0.25, 0.3) is 0 Å². The molecule has 176 valence electrons. The molecular weight excluding hydrogens is 479 g/mol. The lowest BCUT2D eigenvalue weighted by atomic mass is 10.2. The van der Waals surface area contributed by atoms with Gasteiger partial charge in [-0.3, -0.25) is 4.72 Å². The first-order valence-corrected chi connectivity index (χ1v) is 9.72. The maximum atomic E-state index is 14.6. The van der Waals surface area contributed by atoms with Crippen LogP contribution in [0.2, 0.25) is 0 Å². The van der Waals surface area contributed by atoms with E-state index in [4.69, 9.17) is 5.11 Å². The summed E-state index contributed by atoms with van der Waals surface area (Å²) in [5.74, 6) is -11.3. The van der Waals surface area contributed by atoms with Gasteiger partial charge in [-0.2, -0.15) is 4.39 Å². The zero-order valence-corrected chi connectivity index (χ0v) is 16.2. The van der Waals surface area contributed by atoms with Gasteiger partial charge in [0.15, 0.2) is 23.1 Å². The van der Waals surface area contributed by atoms with Crippen molar-refractivity contribution in [2.75, 3.05) is 17.9 Å². The minimum absolute atomic E-state index is 0.519. The normalized spacial score (nSPS) is 11.7. The number of aromatic carboxylic acids is 1. The molecule has 0 heterocycles. The highest BCUT2D eigenvalue weighted by Gasteiger charge is 2.31. The predicted octanol–water partition coefficient (Wildman–Crippen LogP) is 3.89. The molecule has 0 fully saturated rings. The molecule has 0 bridgehead atoms. The van der Waals surface area contributed by atoms with Crippen LogP contribution in [0.15, 0.2) is 29.2 Å². The summed E-state index contributed by atoms with van der Waals surface area (Å²) in [6, 6.07) is 3.46. The summed E-state index contributed by atoms with van der Waals surface area (Å²) in [7, 11) is -4.95. The Morgan fingerprint density at radius 3 is 1.88 bits per heavy atom. The minimum atomic E-state index is -4.95. The molecule has 0 amide bonds. The molecule has 15 heteroatoms. The lowest BCUT2D eigenvalue weighted by molar-refractivity contribution is 0.0694. The van der Waals surface area contributed by atoms with Crippen molar-refractivity contribution < 1.29 is 58.5 Å². The topological polar surface area (TPSA) is 102 Å². The maximum absolute atomic E-state index is 14.6. The van der Waals surface area contributed by atoms with E-state index in [-0.39, 0.29) is 0 Å². The van der Waals surface area contributed by atoms with E-state index in [1.807, 2.05) is 0 Å². The molecular formula is C17H12F7NO6S. The Labute approximate surface area is 175 Å². The number of alkyl halides is 4. The molecule has 0 spiro atoms. The van der Waals surface area contributed by atoms with E-state index in [9.17, 15) is 43.9 Å². The van der Waals surface area contributed by atoms with Crippen LogP contribution in [0.3, 0.4) is 0 Å². The van der Waals surface area contributed by atoms with Crippen molar-refractivity contribution in [2.24, 2.45) is 0 Å². The van der Waals surface area contributed by atoms with Crippen LogP contribution >= 0.6 is 0 Å². The van der Waals surface area contributed by atoms with E-state index in [0.717, 1.165) is 18.2 Å². The fraction of sp³-hybridized carbons (Fsp3) is 0.235. The summed E-state index contributed by atoms with van der Waals surface area (Å²) >= 11 is 0. The van der Waals surface area contributed by atoms with E-state index in [1.165, 1.54) is 4.72 Å². The highest BCUT2D eigenvalue weighted by Crippen LogP contribution is 2.40. The number of rotatable bonds is 10. The smallest absolute Gasteiger partial charge is 0.335 e. The molecule has 0 radical (unpaired) electrons. The Hall–Kier alpha value is -3.23. The standard InChI is InChI=1S/C17H12F7NO6S/c18-9(19)5-30-15-11(22)14(12(23)16(13(15)24)31-6-10(20)21)25-32(28,29)8-3-1-2-7(4-8)17(26)27/h1-4,9-10,25H,5-6H2,(H,26,27). The molecule has 0 aliphatic carbocycles. The number of anilines is 1. The molecule has 0 unspecified atom stereocenters. The summed E-state index contributed by atoms with van der Waals surface area (Å²) in [4.78, 5) is 10.2. The Balaban J connectivity index is 2.60. The zero-order chi connectivity index (χ0) is 24.2. The second kappa shape index (κ2) is 9.93. The molecule has 2 aromatic rings. The van der Waals surface area contributed by atoms with Gasteiger partial charge in [-0.15, -0.1) is 0 Å². The Kier molecular flexibility index (Phi) is 7.77. The number of nitrogens with one attached hydrogen (secondary N) is 1. The second-order valence-corrected chi connectivity index (χ2v) is 7.50. The van der Waals surface area contributed by atoms with Gasteiger partial charge in [0.2, 0.25) is 5.82 Å². The molecule has 7 nitrogen and oxygen atoms in total. The molecule has 0 aliphatic heterocycles. The van der Waals surface area contributed by atoms with Gasteiger partial charge >= 0.3 is 5.97 Å².